The Bertz CT molecular complexity index is 514. The van der Waals surface area contributed by atoms with E-state index in [9.17, 15) is 8.42 Å². The predicted octanol–water partition coefficient (Wildman–Crippen LogP) is 2.33. The highest BCUT2D eigenvalue weighted by Gasteiger charge is 2.19. The van der Waals surface area contributed by atoms with Gasteiger partial charge in [-0.05, 0) is 18.6 Å². The second-order valence-electron chi connectivity index (χ2n) is 3.82. The van der Waals surface area contributed by atoms with E-state index in [1.54, 1.807) is 24.3 Å². The molecule has 1 N–H and O–H groups in total. The maximum absolute atomic E-state index is 12.2. The number of hydrogen-bond acceptors (Lipinski definition) is 2. The molecular formula is C13H18N2O2S. The van der Waals surface area contributed by atoms with Gasteiger partial charge in [-0.1, -0.05) is 30.4 Å². The van der Waals surface area contributed by atoms with Crippen LogP contribution in [0.2, 0.25) is 0 Å². The quantitative estimate of drug-likeness (QED) is 0.770. The van der Waals surface area contributed by atoms with E-state index >= 15 is 0 Å². The number of anilines is 1. The molecule has 0 atom stereocenters. The highest BCUT2D eigenvalue weighted by molar-refractivity contribution is 7.90. The monoisotopic (exact) mass is 266 g/mol. The van der Waals surface area contributed by atoms with Gasteiger partial charge in [0.25, 0.3) is 0 Å². The lowest BCUT2D eigenvalue weighted by atomic mass is 10.2. The summed E-state index contributed by atoms with van der Waals surface area (Å²) in [4.78, 5) is 0. The minimum atomic E-state index is -3.58. The van der Waals surface area contributed by atoms with Crippen molar-refractivity contribution in [2.75, 3.05) is 17.8 Å². The highest BCUT2D eigenvalue weighted by atomic mass is 32.2. The molecule has 0 saturated carbocycles. The molecule has 18 heavy (non-hydrogen) atoms. The van der Waals surface area contributed by atoms with E-state index < -0.39 is 10.2 Å². The van der Waals surface area contributed by atoms with Gasteiger partial charge in [0.05, 0.1) is 5.69 Å². The first kappa shape index (κ1) is 14.5. The number of benzene rings is 1. The molecule has 1 aromatic rings. The Morgan fingerprint density at radius 2 is 1.78 bits per heavy atom. The van der Waals surface area contributed by atoms with Crippen LogP contribution >= 0.6 is 0 Å². The minimum absolute atomic E-state index is 0.243. The number of hydrogen-bond donors (Lipinski definition) is 1. The van der Waals surface area contributed by atoms with Crippen LogP contribution in [0.15, 0.2) is 49.6 Å². The van der Waals surface area contributed by atoms with Crippen LogP contribution in [-0.2, 0) is 10.2 Å². The lowest BCUT2D eigenvalue weighted by Gasteiger charge is -2.20. The lowest BCUT2D eigenvalue weighted by Crippen LogP contribution is -2.36. The molecule has 0 unspecified atom stereocenters. The van der Waals surface area contributed by atoms with Crippen molar-refractivity contribution in [2.45, 2.75) is 6.92 Å². The molecule has 0 spiro atoms. The first-order chi connectivity index (χ1) is 8.51. The second-order valence-corrected chi connectivity index (χ2v) is 5.49. The van der Waals surface area contributed by atoms with E-state index in [0.717, 1.165) is 5.56 Å². The summed E-state index contributed by atoms with van der Waals surface area (Å²) in [5.74, 6) is 0. The van der Waals surface area contributed by atoms with Gasteiger partial charge in [-0.15, -0.1) is 13.2 Å². The first-order valence-corrected chi connectivity index (χ1v) is 7.00. The third kappa shape index (κ3) is 3.72. The fourth-order valence-electron chi connectivity index (χ4n) is 1.45. The molecule has 4 nitrogen and oxygen atoms in total. The summed E-state index contributed by atoms with van der Waals surface area (Å²) in [5.41, 5.74) is 1.45. The molecule has 0 radical (unpaired) electrons. The van der Waals surface area contributed by atoms with Gasteiger partial charge in [-0.2, -0.15) is 12.7 Å². The zero-order valence-corrected chi connectivity index (χ0v) is 11.3. The maximum Gasteiger partial charge on any atom is 0.302 e. The zero-order valence-electron chi connectivity index (χ0n) is 10.5. The molecule has 0 aromatic heterocycles. The van der Waals surface area contributed by atoms with Crippen LogP contribution in [0.1, 0.15) is 5.56 Å². The van der Waals surface area contributed by atoms with E-state index in [4.69, 9.17) is 0 Å². The molecule has 5 heteroatoms. The van der Waals surface area contributed by atoms with Crippen LogP contribution in [0, 0.1) is 6.92 Å². The minimum Gasteiger partial charge on any atom is -0.271 e. The highest BCUT2D eigenvalue weighted by Crippen LogP contribution is 2.16. The van der Waals surface area contributed by atoms with Gasteiger partial charge in [0.1, 0.15) is 0 Å². The Kier molecular flexibility index (Phi) is 5.12. The molecule has 0 fully saturated rings. The average molecular weight is 266 g/mol. The Balaban J connectivity index is 2.95. The molecule has 0 saturated heterocycles. The van der Waals surface area contributed by atoms with Gasteiger partial charge in [-0.25, -0.2) is 0 Å². The standard InChI is InChI=1S/C13H18N2O2S/c1-4-10-15(11-5-2)18(16,17)14-13-9-7-6-8-12(13)3/h4-9,14H,1-2,10-11H2,3H3. The van der Waals surface area contributed by atoms with Crippen molar-refractivity contribution in [1.82, 2.24) is 4.31 Å². The molecule has 1 rings (SSSR count). The molecule has 0 aliphatic rings. The van der Waals surface area contributed by atoms with Crippen LogP contribution < -0.4 is 4.72 Å². The average Bonchev–Trinajstić information content (AvgIpc) is 2.32. The third-order valence-electron chi connectivity index (χ3n) is 2.39. The van der Waals surface area contributed by atoms with Crippen molar-refractivity contribution in [2.24, 2.45) is 0 Å². The topological polar surface area (TPSA) is 49.4 Å². The van der Waals surface area contributed by atoms with Crippen LogP contribution in [0.25, 0.3) is 0 Å². The second kappa shape index (κ2) is 6.37. The van der Waals surface area contributed by atoms with Crippen molar-refractivity contribution in [3.63, 3.8) is 0 Å². The van der Waals surface area contributed by atoms with Crippen molar-refractivity contribution < 1.29 is 8.42 Å². The van der Waals surface area contributed by atoms with Crippen LogP contribution in [0.3, 0.4) is 0 Å². The van der Waals surface area contributed by atoms with E-state index in [0.29, 0.717) is 5.69 Å². The smallest absolute Gasteiger partial charge is 0.271 e. The number of aryl methyl sites for hydroxylation is 1. The largest absolute Gasteiger partial charge is 0.302 e. The molecule has 0 amide bonds. The van der Waals surface area contributed by atoms with E-state index in [-0.39, 0.29) is 13.1 Å². The summed E-state index contributed by atoms with van der Waals surface area (Å²) in [6.45, 7) is 9.44. The molecule has 98 valence electrons. The van der Waals surface area contributed by atoms with E-state index in [2.05, 4.69) is 17.9 Å². The van der Waals surface area contributed by atoms with Crippen molar-refractivity contribution >= 4 is 15.9 Å². The third-order valence-corrected chi connectivity index (χ3v) is 3.85. The fourth-order valence-corrected chi connectivity index (χ4v) is 2.69. The van der Waals surface area contributed by atoms with Crippen molar-refractivity contribution in [3.8, 4) is 0 Å². The first-order valence-electron chi connectivity index (χ1n) is 5.56. The summed E-state index contributed by atoms with van der Waals surface area (Å²) >= 11 is 0. The Labute approximate surface area is 109 Å². The summed E-state index contributed by atoms with van der Waals surface area (Å²) in [6, 6.07) is 7.23. The molecule has 0 aliphatic heterocycles. The summed E-state index contributed by atoms with van der Waals surface area (Å²) < 4.78 is 28.1. The summed E-state index contributed by atoms with van der Waals surface area (Å²) in [6.07, 6.45) is 3.08. The zero-order chi connectivity index (χ0) is 13.6. The van der Waals surface area contributed by atoms with Crippen molar-refractivity contribution in [3.05, 3.63) is 55.1 Å². The lowest BCUT2D eigenvalue weighted by molar-refractivity contribution is 0.479. The number of nitrogens with zero attached hydrogens (tertiary/aromatic N) is 1. The molecule has 0 bridgehead atoms. The molecule has 0 heterocycles. The van der Waals surface area contributed by atoms with Crippen LogP contribution in [0.5, 0.6) is 0 Å². The molecule has 0 aliphatic carbocycles. The summed E-state index contributed by atoms with van der Waals surface area (Å²) in [5, 5.41) is 0. The van der Waals surface area contributed by atoms with Crippen molar-refractivity contribution in [1.29, 1.82) is 0 Å². The maximum atomic E-state index is 12.2. The summed E-state index contributed by atoms with van der Waals surface area (Å²) in [7, 11) is -3.58. The predicted molar refractivity (Wildman–Crippen MR) is 75.7 cm³/mol. The normalized spacial score (nSPS) is 11.2. The van der Waals surface area contributed by atoms with Gasteiger partial charge >= 0.3 is 10.2 Å². The number of nitrogens with one attached hydrogen (secondary N) is 1. The fraction of sp³-hybridized carbons (Fsp3) is 0.231. The number of para-hydroxylation sites is 1. The van der Waals surface area contributed by atoms with Crippen LogP contribution in [-0.4, -0.2) is 25.8 Å². The molecule has 1 aromatic carbocycles. The van der Waals surface area contributed by atoms with Gasteiger partial charge in [-0.3, -0.25) is 4.72 Å². The van der Waals surface area contributed by atoms with Gasteiger partial charge in [0, 0.05) is 13.1 Å². The van der Waals surface area contributed by atoms with Gasteiger partial charge in [0.2, 0.25) is 0 Å². The van der Waals surface area contributed by atoms with Gasteiger partial charge in [0.15, 0.2) is 0 Å². The molecular weight excluding hydrogens is 248 g/mol. The Morgan fingerprint density at radius 3 is 2.28 bits per heavy atom. The SMILES string of the molecule is C=CCN(CC=C)S(=O)(=O)Nc1ccccc1C. The van der Waals surface area contributed by atoms with E-state index in [1.165, 1.54) is 4.31 Å². The van der Waals surface area contributed by atoms with E-state index in [1.807, 2.05) is 19.1 Å². The Hall–Kier alpha value is -1.59. The van der Waals surface area contributed by atoms with Crippen LogP contribution in [0.4, 0.5) is 5.69 Å². The van der Waals surface area contributed by atoms with Gasteiger partial charge < -0.3 is 0 Å². The number of rotatable bonds is 7. The Morgan fingerprint density at radius 1 is 1.22 bits per heavy atom.